The number of hydrogen-bond donors (Lipinski definition) is 1. The topological polar surface area (TPSA) is 56.1 Å². The highest BCUT2D eigenvalue weighted by molar-refractivity contribution is 5.91. The standard InChI is InChI=1S/C15H17N3O2/c1-20-10-9-16-15(19)8-7-13-11-17-18(12-13)14-5-3-2-4-6-14/h2-8,11-12H,9-10H2,1H3,(H,16,19)/b8-7+. The van der Waals surface area contributed by atoms with Gasteiger partial charge in [-0.2, -0.15) is 5.10 Å². The van der Waals surface area contributed by atoms with E-state index in [-0.39, 0.29) is 5.91 Å². The predicted molar refractivity (Wildman–Crippen MR) is 77.5 cm³/mol. The number of methoxy groups -OCH3 is 1. The second-order valence-electron chi connectivity index (χ2n) is 4.17. The van der Waals surface area contributed by atoms with E-state index in [4.69, 9.17) is 4.74 Å². The Morgan fingerprint density at radius 2 is 2.20 bits per heavy atom. The van der Waals surface area contributed by atoms with Crippen molar-refractivity contribution < 1.29 is 9.53 Å². The number of benzene rings is 1. The highest BCUT2D eigenvalue weighted by atomic mass is 16.5. The van der Waals surface area contributed by atoms with Crippen molar-refractivity contribution in [1.82, 2.24) is 15.1 Å². The third-order valence-corrected chi connectivity index (χ3v) is 2.66. The minimum absolute atomic E-state index is 0.144. The highest BCUT2D eigenvalue weighted by Crippen LogP contribution is 2.08. The third-order valence-electron chi connectivity index (χ3n) is 2.66. The maximum atomic E-state index is 11.5. The van der Waals surface area contributed by atoms with Gasteiger partial charge in [-0.15, -0.1) is 0 Å². The SMILES string of the molecule is COCCNC(=O)/C=C/c1cnn(-c2ccccc2)c1. The molecule has 0 radical (unpaired) electrons. The number of carbonyl (C=O) groups excluding carboxylic acids is 1. The Hall–Kier alpha value is -2.40. The number of carbonyl (C=O) groups is 1. The molecule has 0 saturated carbocycles. The van der Waals surface area contributed by atoms with E-state index in [1.807, 2.05) is 36.5 Å². The normalized spacial score (nSPS) is 10.8. The van der Waals surface area contributed by atoms with Gasteiger partial charge in [0, 0.05) is 31.5 Å². The smallest absolute Gasteiger partial charge is 0.244 e. The summed E-state index contributed by atoms with van der Waals surface area (Å²) < 4.78 is 6.62. The van der Waals surface area contributed by atoms with E-state index in [1.165, 1.54) is 6.08 Å². The lowest BCUT2D eigenvalue weighted by molar-refractivity contribution is -0.116. The van der Waals surface area contributed by atoms with Crippen LogP contribution in [0, 0.1) is 0 Å². The largest absolute Gasteiger partial charge is 0.383 e. The Bertz CT molecular complexity index is 576. The molecule has 5 heteroatoms. The summed E-state index contributed by atoms with van der Waals surface area (Å²) in [5.74, 6) is -0.144. The van der Waals surface area contributed by atoms with E-state index < -0.39 is 0 Å². The zero-order valence-corrected chi connectivity index (χ0v) is 11.3. The van der Waals surface area contributed by atoms with Crippen LogP contribution in [-0.2, 0) is 9.53 Å². The predicted octanol–water partition coefficient (Wildman–Crippen LogP) is 1.65. The van der Waals surface area contributed by atoms with Crippen molar-refractivity contribution in [1.29, 1.82) is 0 Å². The summed E-state index contributed by atoms with van der Waals surface area (Å²) in [6.45, 7) is 1.01. The van der Waals surface area contributed by atoms with E-state index in [1.54, 1.807) is 24.1 Å². The van der Waals surface area contributed by atoms with Crippen molar-refractivity contribution in [3.8, 4) is 5.69 Å². The summed E-state index contributed by atoms with van der Waals surface area (Å²) in [6.07, 6.45) is 6.80. The van der Waals surface area contributed by atoms with Gasteiger partial charge in [0.1, 0.15) is 0 Å². The van der Waals surface area contributed by atoms with Crippen molar-refractivity contribution in [3.63, 3.8) is 0 Å². The molecule has 104 valence electrons. The zero-order chi connectivity index (χ0) is 14.2. The molecular weight excluding hydrogens is 254 g/mol. The van der Waals surface area contributed by atoms with Gasteiger partial charge >= 0.3 is 0 Å². The summed E-state index contributed by atoms with van der Waals surface area (Å²) in [5, 5.41) is 6.97. The maximum Gasteiger partial charge on any atom is 0.244 e. The number of nitrogens with one attached hydrogen (secondary N) is 1. The zero-order valence-electron chi connectivity index (χ0n) is 11.3. The van der Waals surface area contributed by atoms with Gasteiger partial charge in [-0.05, 0) is 18.2 Å². The summed E-state index contributed by atoms with van der Waals surface area (Å²) in [5.41, 5.74) is 1.85. The number of aromatic nitrogens is 2. The van der Waals surface area contributed by atoms with Crippen molar-refractivity contribution in [2.75, 3.05) is 20.3 Å². The number of ether oxygens (including phenoxy) is 1. The lowest BCUT2D eigenvalue weighted by atomic mass is 10.3. The fraction of sp³-hybridized carbons (Fsp3) is 0.200. The molecule has 1 heterocycles. The van der Waals surface area contributed by atoms with Crippen LogP contribution in [0.4, 0.5) is 0 Å². The van der Waals surface area contributed by atoms with Gasteiger partial charge in [0.25, 0.3) is 0 Å². The van der Waals surface area contributed by atoms with E-state index in [0.29, 0.717) is 13.2 Å². The van der Waals surface area contributed by atoms with Crippen molar-refractivity contribution in [3.05, 3.63) is 54.4 Å². The Morgan fingerprint density at radius 3 is 2.95 bits per heavy atom. The lowest BCUT2D eigenvalue weighted by Crippen LogP contribution is -2.24. The molecule has 2 aromatic rings. The molecule has 2 rings (SSSR count). The first-order valence-corrected chi connectivity index (χ1v) is 6.34. The van der Waals surface area contributed by atoms with Gasteiger partial charge in [0.2, 0.25) is 5.91 Å². The fourth-order valence-electron chi connectivity index (χ4n) is 1.65. The molecule has 0 aliphatic rings. The quantitative estimate of drug-likeness (QED) is 0.642. The van der Waals surface area contributed by atoms with Gasteiger partial charge < -0.3 is 10.1 Å². The van der Waals surface area contributed by atoms with Crippen LogP contribution in [0.1, 0.15) is 5.56 Å². The minimum Gasteiger partial charge on any atom is -0.383 e. The third kappa shape index (κ3) is 4.07. The van der Waals surface area contributed by atoms with E-state index >= 15 is 0 Å². The maximum absolute atomic E-state index is 11.5. The second-order valence-corrected chi connectivity index (χ2v) is 4.17. The molecule has 0 spiro atoms. The van der Waals surface area contributed by atoms with Crippen LogP contribution < -0.4 is 5.32 Å². The molecule has 5 nitrogen and oxygen atoms in total. The summed E-state index contributed by atoms with van der Waals surface area (Å²) in [7, 11) is 1.60. The number of nitrogens with zero attached hydrogens (tertiary/aromatic N) is 2. The van der Waals surface area contributed by atoms with Crippen LogP contribution in [0.5, 0.6) is 0 Å². The highest BCUT2D eigenvalue weighted by Gasteiger charge is 1.99. The molecule has 1 aromatic carbocycles. The molecule has 0 aliphatic heterocycles. The van der Waals surface area contributed by atoms with Crippen LogP contribution in [0.25, 0.3) is 11.8 Å². The van der Waals surface area contributed by atoms with Crippen LogP contribution in [0.3, 0.4) is 0 Å². The molecule has 1 amide bonds. The van der Waals surface area contributed by atoms with Gasteiger partial charge in [-0.3, -0.25) is 4.79 Å². The van der Waals surface area contributed by atoms with Crippen molar-refractivity contribution in [2.24, 2.45) is 0 Å². The minimum atomic E-state index is -0.144. The first-order valence-electron chi connectivity index (χ1n) is 6.34. The number of rotatable bonds is 6. The Morgan fingerprint density at radius 1 is 1.40 bits per heavy atom. The van der Waals surface area contributed by atoms with Crippen LogP contribution >= 0.6 is 0 Å². The van der Waals surface area contributed by atoms with Crippen molar-refractivity contribution in [2.45, 2.75) is 0 Å². The van der Waals surface area contributed by atoms with E-state index in [0.717, 1.165) is 11.3 Å². The average Bonchev–Trinajstić information content (AvgIpc) is 2.95. The van der Waals surface area contributed by atoms with E-state index in [2.05, 4.69) is 10.4 Å². The van der Waals surface area contributed by atoms with Gasteiger partial charge in [-0.1, -0.05) is 18.2 Å². The first-order chi connectivity index (χ1) is 9.79. The Labute approximate surface area is 117 Å². The van der Waals surface area contributed by atoms with Crippen LogP contribution in [0.2, 0.25) is 0 Å². The second kappa shape index (κ2) is 7.25. The average molecular weight is 271 g/mol. The molecule has 0 unspecified atom stereocenters. The Kier molecular flexibility index (Phi) is 5.08. The molecule has 0 aliphatic carbocycles. The van der Waals surface area contributed by atoms with Crippen LogP contribution in [0.15, 0.2) is 48.8 Å². The molecule has 0 fully saturated rings. The fourth-order valence-corrected chi connectivity index (χ4v) is 1.65. The first kappa shape index (κ1) is 14.0. The van der Waals surface area contributed by atoms with Gasteiger partial charge in [0.15, 0.2) is 0 Å². The van der Waals surface area contributed by atoms with Gasteiger partial charge in [0.05, 0.1) is 18.5 Å². The number of para-hydroxylation sites is 1. The number of amides is 1. The summed E-state index contributed by atoms with van der Waals surface area (Å²) >= 11 is 0. The van der Waals surface area contributed by atoms with Gasteiger partial charge in [-0.25, -0.2) is 4.68 Å². The Balaban J connectivity index is 1.94. The van der Waals surface area contributed by atoms with Crippen LogP contribution in [-0.4, -0.2) is 35.9 Å². The summed E-state index contributed by atoms with van der Waals surface area (Å²) in [4.78, 5) is 11.5. The molecule has 1 aromatic heterocycles. The molecular formula is C15H17N3O2. The molecule has 1 N–H and O–H groups in total. The molecule has 0 saturated heterocycles. The molecule has 0 bridgehead atoms. The lowest BCUT2D eigenvalue weighted by Gasteiger charge is -1.99. The molecule has 0 atom stereocenters. The van der Waals surface area contributed by atoms with E-state index in [9.17, 15) is 4.79 Å². The monoisotopic (exact) mass is 271 g/mol. The number of hydrogen-bond acceptors (Lipinski definition) is 3. The van der Waals surface area contributed by atoms with Crippen molar-refractivity contribution >= 4 is 12.0 Å². The summed E-state index contributed by atoms with van der Waals surface area (Å²) in [6, 6.07) is 9.81. The molecule has 20 heavy (non-hydrogen) atoms.